The molecule has 2 amide bonds. The first-order chi connectivity index (χ1) is 17.0. The van der Waals surface area contributed by atoms with E-state index in [1.165, 1.54) is 18.2 Å². The molecule has 196 valence electrons. The number of carbonyl (C=O) groups excluding carboxylic acids is 2. The number of carbonyl (C=O) groups is 2. The van der Waals surface area contributed by atoms with E-state index < -0.39 is 23.2 Å². The third kappa shape index (κ3) is 5.90. The van der Waals surface area contributed by atoms with Gasteiger partial charge < -0.3 is 24.8 Å². The number of aromatic nitrogens is 2. The molecular weight excluding hydrogens is 485 g/mol. The van der Waals surface area contributed by atoms with Crippen molar-refractivity contribution in [3.63, 3.8) is 0 Å². The molecule has 1 unspecified atom stereocenters. The zero-order chi connectivity index (χ0) is 26.0. The van der Waals surface area contributed by atoms with E-state index >= 15 is 0 Å². The van der Waals surface area contributed by atoms with Gasteiger partial charge in [0.25, 0.3) is 5.91 Å². The summed E-state index contributed by atoms with van der Waals surface area (Å²) in [6.45, 7) is 8.71. The highest BCUT2D eigenvalue weighted by Crippen LogP contribution is 2.30. The maximum Gasteiger partial charge on any atom is 0.272 e. The van der Waals surface area contributed by atoms with Crippen LogP contribution in [0, 0.1) is 11.2 Å². The quantitative estimate of drug-likeness (QED) is 0.608. The van der Waals surface area contributed by atoms with Crippen LogP contribution >= 0.6 is 11.6 Å². The van der Waals surface area contributed by atoms with E-state index in [2.05, 4.69) is 20.5 Å². The molecule has 0 aliphatic carbocycles. The Morgan fingerprint density at radius 3 is 2.75 bits per heavy atom. The van der Waals surface area contributed by atoms with Crippen LogP contribution in [0.15, 0.2) is 18.2 Å². The predicted octanol–water partition coefficient (Wildman–Crippen LogP) is 3.62. The minimum atomic E-state index is -0.793. The number of ether oxygens (including phenoxy) is 1. The van der Waals surface area contributed by atoms with E-state index in [4.69, 9.17) is 16.3 Å². The first-order valence-electron chi connectivity index (χ1n) is 12.5. The summed E-state index contributed by atoms with van der Waals surface area (Å²) in [5, 5.41) is 6.24. The summed E-state index contributed by atoms with van der Waals surface area (Å²) in [5.41, 5.74) is 0.577. The van der Waals surface area contributed by atoms with Crippen molar-refractivity contribution >= 4 is 23.4 Å². The summed E-state index contributed by atoms with van der Waals surface area (Å²) in [7, 11) is 1.97. The summed E-state index contributed by atoms with van der Waals surface area (Å²) in [5.74, 6) is -0.830. The van der Waals surface area contributed by atoms with Gasteiger partial charge in [0.1, 0.15) is 17.7 Å². The Kier molecular flexibility index (Phi) is 8.02. The van der Waals surface area contributed by atoms with Crippen molar-refractivity contribution in [1.82, 2.24) is 25.1 Å². The lowest BCUT2D eigenvalue weighted by Crippen LogP contribution is -2.54. The molecule has 0 spiro atoms. The lowest BCUT2D eigenvalue weighted by Gasteiger charge is -2.30. The number of benzene rings is 1. The lowest BCUT2D eigenvalue weighted by molar-refractivity contribution is -0.125. The number of hydrogen-bond donors (Lipinski definition) is 2. The van der Waals surface area contributed by atoms with E-state index in [0.717, 1.165) is 25.8 Å². The Bertz CT molecular complexity index is 1120. The second-order valence-electron chi connectivity index (χ2n) is 10.8. The van der Waals surface area contributed by atoms with Gasteiger partial charge in [-0.15, -0.1) is 0 Å². The number of nitrogens with zero attached hydrogens (tertiary/aromatic N) is 3. The van der Waals surface area contributed by atoms with Gasteiger partial charge in [-0.25, -0.2) is 9.37 Å². The Morgan fingerprint density at radius 2 is 2.06 bits per heavy atom. The highest BCUT2D eigenvalue weighted by molar-refractivity contribution is 6.30. The number of fused-ring (bicyclic) bond motifs is 1. The van der Waals surface area contributed by atoms with E-state index in [1.807, 2.05) is 32.4 Å². The van der Waals surface area contributed by atoms with Gasteiger partial charge in [-0.05, 0) is 56.5 Å². The normalized spacial score (nSPS) is 19.4. The fourth-order valence-electron chi connectivity index (χ4n) is 4.77. The zero-order valence-electron chi connectivity index (χ0n) is 21.4. The van der Waals surface area contributed by atoms with Gasteiger partial charge in [0, 0.05) is 31.3 Å². The van der Waals surface area contributed by atoms with Crippen LogP contribution in [-0.4, -0.2) is 65.2 Å². The van der Waals surface area contributed by atoms with Crippen molar-refractivity contribution in [3.8, 4) is 11.4 Å². The van der Waals surface area contributed by atoms with Crippen molar-refractivity contribution in [2.45, 2.75) is 65.3 Å². The van der Waals surface area contributed by atoms with E-state index in [9.17, 15) is 14.0 Å². The Morgan fingerprint density at radius 1 is 1.28 bits per heavy atom. The largest absolute Gasteiger partial charge is 0.376 e. The van der Waals surface area contributed by atoms with Crippen LogP contribution in [0.2, 0.25) is 5.02 Å². The number of nitrogens with one attached hydrogen (secondary N) is 2. The summed E-state index contributed by atoms with van der Waals surface area (Å²) in [6, 6.07) is 3.52. The van der Waals surface area contributed by atoms with Crippen molar-refractivity contribution in [2.75, 3.05) is 26.7 Å². The van der Waals surface area contributed by atoms with Gasteiger partial charge in [0.2, 0.25) is 5.91 Å². The molecule has 2 aromatic rings. The third-order valence-electron chi connectivity index (χ3n) is 6.73. The van der Waals surface area contributed by atoms with Gasteiger partial charge in [-0.1, -0.05) is 32.4 Å². The molecule has 1 aromatic heterocycles. The van der Waals surface area contributed by atoms with Gasteiger partial charge in [-0.2, -0.15) is 0 Å². The van der Waals surface area contributed by atoms with Gasteiger partial charge in [-0.3, -0.25) is 9.59 Å². The Balaban J connectivity index is 1.65. The molecule has 2 aliphatic rings. The second kappa shape index (κ2) is 10.9. The van der Waals surface area contributed by atoms with Crippen LogP contribution in [0.25, 0.3) is 11.4 Å². The molecule has 0 radical (unpaired) electrons. The first-order valence-corrected chi connectivity index (χ1v) is 12.9. The fraction of sp³-hybridized carbons (Fsp3) is 0.577. The third-order valence-corrected chi connectivity index (χ3v) is 6.96. The van der Waals surface area contributed by atoms with E-state index in [1.54, 1.807) is 0 Å². The molecule has 36 heavy (non-hydrogen) atoms. The molecule has 2 N–H and O–H groups in total. The maximum absolute atomic E-state index is 14.8. The van der Waals surface area contributed by atoms with Crippen LogP contribution in [0.4, 0.5) is 4.39 Å². The van der Waals surface area contributed by atoms with Crippen molar-refractivity contribution in [1.29, 1.82) is 0 Å². The topological polar surface area (TPSA) is 88.5 Å². The first kappa shape index (κ1) is 26.6. The maximum atomic E-state index is 14.8. The standard InChI is InChI=1S/C26H35ClFN5O3/c1-26(2,3)22(25(35)29-14-17-7-5-12-36-17)31-24(34)21-20-15-32(4)10-6-11-33(20)23(30-21)18-13-16(27)8-9-19(18)28/h8-9,13,17,22H,5-7,10-12,14-15H2,1-4H3,(H,29,35)(H,31,34)/t17?,22-/m1/s1. The summed E-state index contributed by atoms with van der Waals surface area (Å²) in [6.07, 6.45) is 2.71. The summed E-state index contributed by atoms with van der Waals surface area (Å²) >= 11 is 6.16. The molecule has 2 atom stereocenters. The lowest BCUT2D eigenvalue weighted by atomic mass is 9.86. The Hall–Kier alpha value is -2.49. The van der Waals surface area contributed by atoms with E-state index in [-0.39, 0.29) is 23.3 Å². The summed E-state index contributed by atoms with van der Waals surface area (Å²) < 4.78 is 22.3. The summed E-state index contributed by atoms with van der Waals surface area (Å²) in [4.78, 5) is 33.5. The number of hydrogen-bond acceptors (Lipinski definition) is 5. The number of imidazole rings is 1. The molecule has 10 heteroatoms. The van der Waals surface area contributed by atoms with Crippen LogP contribution in [0.1, 0.15) is 56.2 Å². The second-order valence-corrected chi connectivity index (χ2v) is 11.2. The molecule has 4 rings (SSSR count). The number of halogens is 2. The highest BCUT2D eigenvalue weighted by Gasteiger charge is 2.35. The molecule has 8 nitrogen and oxygen atoms in total. The van der Waals surface area contributed by atoms with Gasteiger partial charge in [0.15, 0.2) is 5.69 Å². The Labute approximate surface area is 216 Å². The monoisotopic (exact) mass is 519 g/mol. The number of rotatable bonds is 6. The highest BCUT2D eigenvalue weighted by atomic mass is 35.5. The van der Waals surface area contributed by atoms with Crippen molar-refractivity contribution in [2.24, 2.45) is 5.41 Å². The van der Waals surface area contributed by atoms with Gasteiger partial charge >= 0.3 is 0 Å². The van der Waals surface area contributed by atoms with Crippen LogP contribution < -0.4 is 10.6 Å². The molecule has 0 bridgehead atoms. The SMILES string of the molecule is CN1CCCn2c(-c3cc(Cl)ccc3F)nc(C(=O)N[C@H](C(=O)NCC3CCCO3)C(C)(C)C)c2C1. The molecule has 2 aliphatic heterocycles. The van der Waals surface area contributed by atoms with Crippen molar-refractivity contribution in [3.05, 3.63) is 40.4 Å². The molecule has 3 heterocycles. The average Bonchev–Trinajstić information content (AvgIpc) is 3.41. The molecular formula is C26H35ClFN5O3. The van der Waals surface area contributed by atoms with Crippen LogP contribution in [0.5, 0.6) is 0 Å². The minimum Gasteiger partial charge on any atom is -0.376 e. The average molecular weight is 520 g/mol. The molecule has 1 saturated heterocycles. The van der Waals surface area contributed by atoms with E-state index in [0.29, 0.717) is 42.8 Å². The molecule has 1 aromatic carbocycles. The number of amides is 2. The van der Waals surface area contributed by atoms with Crippen molar-refractivity contribution < 1.29 is 18.7 Å². The van der Waals surface area contributed by atoms with Gasteiger partial charge in [0.05, 0.1) is 17.4 Å². The van der Waals surface area contributed by atoms with Crippen LogP contribution in [-0.2, 0) is 22.6 Å². The smallest absolute Gasteiger partial charge is 0.272 e. The van der Waals surface area contributed by atoms with Crippen LogP contribution in [0.3, 0.4) is 0 Å². The minimum absolute atomic E-state index is 0.000122. The molecule has 1 fully saturated rings. The predicted molar refractivity (Wildman–Crippen MR) is 136 cm³/mol. The zero-order valence-corrected chi connectivity index (χ0v) is 22.1. The molecule has 0 saturated carbocycles. The fourth-order valence-corrected chi connectivity index (χ4v) is 4.95.